The van der Waals surface area contributed by atoms with Gasteiger partial charge in [-0.1, -0.05) is 31.4 Å². The molecule has 0 aliphatic carbocycles. The van der Waals surface area contributed by atoms with Gasteiger partial charge in [0.25, 0.3) is 0 Å². The van der Waals surface area contributed by atoms with E-state index in [2.05, 4.69) is 21.7 Å². The van der Waals surface area contributed by atoms with Crippen LogP contribution in [0.15, 0.2) is 30.9 Å². The van der Waals surface area contributed by atoms with E-state index in [4.69, 9.17) is 0 Å². The number of aliphatic hydroxyl groups is 1. The maximum absolute atomic E-state index is 14.3. The van der Waals surface area contributed by atoms with Crippen LogP contribution in [0.4, 0.5) is 8.78 Å². The lowest BCUT2D eigenvalue weighted by atomic mass is 9.90. The molecule has 2 N–H and O–H groups in total. The van der Waals surface area contributed by atoms with Gasteiger partial charge in [-0.05, 0) is 19.4 Å². The van der Waals surface area contributed by atoms with Gasteiger partial charge in [0.05, 0.1) is 11.8 Å². The number of unbranched alkanes of at least 4 members (excludes halogenated alkanes) is 1. The Kier molecular flexibility index (Phi) is 6.70. The van der Waals surface area contributed by atoms with Crippen molar-refractivity contribution in [3.8, 4) is 0 Å². The van der Waals surface area contributed by atoms with E-state index < -0.39 is 22.5 Å². The molecule has 0 radical (unpaired) electrons. The summed E-state index contributed by atoms with van der Waals surface area (Å²) in [6.07, 6.45) is 4.86. The first-order valence-corrected chi connectivity index (χ1v) is 8.74. The molecule has 0 fully saturated rings. The number of rotatable bonds is 9. The molecular weight excluding hydrogens is 334 g/mol. The molecular formula is C16H22F2N4OS. The average molecular weight is 356 g/mol. The Hall–Kier alpha value is -1.51. The lowest BCUT2D eigenvalue weighted by Crippen LogP contribution is -2.42. The zero-order valence-corrected chi connectivity index (χ0v) is 14.6. The van der Waals surface area contributed by atoms with Gasteiger partial charge < -0.3 is 5.11 Å². The van der Waals surface area contributed by atoms with Gasteiger partial charge >= 0.3 is 0 Å². The summed E-state index contributed by atoms with van der Waals surface area (Å²) in [5.41, 5.74) is -1.54. The number of hydrogen-bond acceptors (Lipinski definition) is 5. The van der Waals surface area contributed by atoms with Gasteiger partial charge in [0.15, 0.2) is 0 Å². The molecule has 0 spiro atoms. The van der Waals surface area contributed by atoms with E-state index in [1.807, 2.05) is 0 Å². The molecule has 0 aliphatic rings. The third kappa shape index (κ3) is 4.52. The monoisotopic (exact) mass is 356 g/mol. The highest BCUT2D eigenvalue weighted by atomic mass is 32.2. The zero-order chi connectivity index (χ0) is 17.6. The third-order valence-electron chi connectivity index (χ3n) is 3.83. The Bertz CT molecular complexity index is 641. The molecule has 2 atom stereocenters. The lowest BCUT2D eigenvalue weighted by molar-refractivity contribution is 0.0131. The molecule has 8 heteroatoms. The highest BCUT2D eigenvalue weighted by Gasteiger charge is 2.39. The van der Waals surface area contributed by atoms with Gasteiger partial charge in [0.2, 0.25) is 0 Å². The summed E-state index contributed by atoms with van der Waals surface area (Å²) in [6.45, 7) is 4.68. The number of hydrogen-bond donors (Lipinski definition) is 2. The highest BCUT2D eigenvalue weighted by molar-refractivity contribution is 7.98. The summed E-state index contributed by atoms with van der Waals surface area (Å²) in [7, 11) is 0. The van der Waals surface area contributed by atoms with Crippen molar-refractivity contribution >= 4 is 11.9 Å². The molecule has 0 bridgehead atoms. The van der Waals surface area contributed by atoms with Crippen LogP contribution in [-0.4, -0.2) is 31.7 Å². The van der Waals surface area contributed by atoms with E-state index in [9.17, 15) is 13.9 Å². The van der Waals surface area contributed by atoms with Gasteiger partial charge in [-0.15, -0.1) is 0 Å². The molecule has 2 aromatic rings. The predicted octanol–water partition coefficient (Wildman–Crippen LogP) is 2.87. The van der Waals surface area contributed by atoms with Crippen molar-refractivity contribution in [2.75, 3.05) is 6.54 Å². The number of nitrogens with one attached hydrogen (secondary N) is 1. The SMILES string of the molecule is CCCCNS[C@H](C)[C@](O)(Cn1cncn1)c1ccc(F)cc1F. The van der Waals surface area contributed by atoms with Crippen molar-refractivity contribution in [2.24, 2.45) is 0 Å². The predicted molar refractivity (Wildman–Crippen MR) is 90.2 cm³/mol. The Morgan fingerprint density at radius 1 is 1.42 bits per heavy atom. The molecule has 1 aromatic carbocycles. The Labute approximate surface area is 144 Å². The summed E-state index contributed by atoms with van der Waals surface area (Å²) in [6, 6.07) is 3.21. The Morgan fingerprint density at radius 2 is 2.21 bits per heavy atom. The van der Waals surface area contributed by atoms with Gasteiger partial charge in [-0.2, -0.15) is 5.10 Å². The van der Waals surface area contributed by atoms with E-state index in [0.29, 0.717) is 0 Å². The van der Waals surface area contributed by atoms with E-state index in [-0.39, 0.29) is 12.1 Å². The minimum atomic E-state index is -1.57. The molecule has 1 aromatic heterocycles. The lowest BCUT2D eigenvalue weighted by Gasteiger charge is -2.34. The van der Waals surface area contributed by atoms with E-state index in [1.54, 1.807) is 6.92 Å². The first-order valence-electron chi connectivity index (χ1n) is 7.86. The molecule has 2 rings (SSSR count). The van der Waals surface area contributed by atoms with Crippen molar-refractivity contribution in [2.45, 2.75) is 44.1 Å². The molecule has 5 nitrogen and oxygen atoms in total. The summed E-state index contributed by atoms with van der Waals surface area (Å²) in [5.74, 6) is -1.46. The molecule has 0 amide bonds. The normalized spacial score (nSPS) is 15.2. The fourth-order valence-electron chi connectivity index (χ4n) is 2.36. The van der Waals surface area contributed by atoms with Crippen molar-refractivity contribution < 1.29 is 13.9 Å². The van der Waals surface area contributed by atoms with Crippen LogP contribution >= 0.6 is 11.9 Å². The molecule has 0 aliphatic heterocycles. The zero-order valence-electron chi connectivity index (χ0n) is 13.7. The largest absolute Gasteiger partial charge is 0.382 e. The molecule has 1 heterocycles. The van der Waals surface area contributed by atoms with Gasteiger partial charge in [0, 0.05) is 18.2 Å². The maximum Gasteiger partial charge on any atom is 0.137 e. The summed E-state index contributed by atoms with van der Waals surface area (Å²) in [4.78, 5) is 3.85. The van der Waals surface area contributed by atoms with Crippen LogP contribution in [0.2, 0.25) is 0 Å². The van der Waals surface area contributed by atoms with E-state index >= 15 is 0 Å². The minimum Gasteiger partial charge on any atom is -0.382 e. The number of halogens is 2. The van der Waals surface area contributed by atoms with E-state index in [1.165, 1.54) is 35.4 Å². The van der Waals surface area contributed by atoms with Crippen LogP contribution in [0, 0.1) is 11.6 Å². The Morgan fingerprint density at radius 3 is 2.83 bits per heavy atom. The van der Waals surface area contributed by atoms with Crippen LogP contribution in [0.5, 0.6) is 0 Å². The first-order chi connectivity index (χ1) is 11.5. The van der Waals surface area contributed by atoms with Crippen molar-refractivity contribution in [1.82, 2.24) is 19.5 Å². The standard InChI is InChI=1S/C16H22F2N4OS/c1-3-4-7-21-24-12(2)16(23,9-22-11-19-10-20-22)14-6-5-13(17)8-15(14)18/h5-6,8,10-12,21,23H,3-4,7,9H2,1-2H3/t12-,16-/m1/s1. The second kappa shape index (κ2) is 8.55. The molecule has 0 unspecified atom stereocenters. The summed E-state index contributed by atoms with van der Waals surface area (Å²) in [5, 5.41) is 14.8. The summed E-state index contributed by atoms with van der Waals surface area (Å²) < 4.78 is 32.2. The second-order valence-electron chi connectivity index (χ2n) is 5.65. The molecule has 0 saturated heterocycles. The maximum atomic E-state index is 14.3. The Balaban J connectivity index is 2.26. The fourth-order valence-corrected chi connectivity index (χ4v) is 3.27. The number of nitrogens with zero attached hydrogens (tertiary/aromatic N) is 3. The molecule has 24 heavy (non-hydrogen) atoms. The van der Waals surface area contributed by atoms with Gasteiger partial charge in [0.1, 0.15) is 29.9 Å². The number of benzene rings is 1. The average Bonchev–Trinajstić information content (AvgIpc) is 3.03. The molecule has 132 valence electrons. The van der Waals surface area contributed by atoms with Crippen molar-refractivity contribution in [1.29, 1.82) is 0 Å². The first kappa shape index (κ1) is 18.8. The minimum absolute atomic E-state index is 0.0131. The van der Waals surface area contributed by atoms with Crippen LogP contribution in [0.1, 0.15) is 32.3 Å². The number of aromatic nitrogens is 3. The summed E-state index contributed by atoms with van der Waals surface area (Å²) >= 11 is 1.33. The quantitative estimate of drug-likeness (QED) is 0.534. The van der Waals surface area contributed by atoms with Gasteiger partial charge in [-0.3, -0.25) is 4.72 Å². The van der Waals surface area contributed by atoms with Gasteiger partial charge in [-0.25, -0.2) is 18.4 Å². The topological polar surface area (TPSA) is 63.0 Å². The van der Waals surface area contributed by atoms with Crippen LogP contribution < -0.4 is 4.72 Å². The third-order valence-corrected chi connectivity index (χ3v) is 4.95. The van der Waals surface area contributed by atoms with Crippen molar-refractivity contribution in [3.63, 3.8) is 0 Å². The van der Waals surface area contributed by atoms with Crippen LogP contribution in [0.25, 0.3) is 0 Å². The smallest absolute Gasteiger partial charge is 0.137 e. The second-order valence-corrected chi connectivity index (χ2v) is 6.88. The fraction of sp³-hybridized carbons (Fsp3) is 0.500. The van der Waals surface area contributed by atoms with Crippen LogP contribution in [0.3, 0.4) is 0 Å². The van der Waals surface area contributed by atoms with Crippen LogP contribution in [-0.2, 0) is 12.1 Å². The van der Waals surface area contributed by atoms with E-state index in [0.717, 1.165) is 31.5 Å². The highest BCUT2D eigenvalue weighted by Crippen LogP contribution is 2.35. The van der Waals surface area contributed by atoms with Crippen molar-refractivity contribution in [3.05, 3.63) is 48.1 Å². The molecule has 0 saturated carbocycles.